The van der Waals surface area contributed by atoms with E-state index in [0.717, 1.165) is 81.6 Å². The smallest absolute Gasteiger partial charge is 0.256 e. The van der Waals surface area contributed by atoms with Crippen molar-refractivity contribution in [1.82, 2.24) is 14.9 Å². The van der Waals surface area contributed by atoms with Gasteiger partial charge in [-0.2, -0.15) is 0 Å². The Hall–Kier alpha value is -3.81. The Kier molecular flexibility index (Phi) is 8.14. The number of benzene rings is 2. The van der Waals surface area contributed by atoms with E-state index in [4.69, 9.17) is 4.98 Å². The van der Waals surface area contributed by atoms with Gasteiger partial charge in [0.05, 0.1) is 11.3 Å². The summed E-state index contributed by atoms with van der Waals surface area (Å²) in [5, 5.41) is 6.01. The molecule has 6 nitrogen and oxygen atoms in total. The van der Waals surface area contributed by atoms with Gasteiger partial charge in [0.1, 0.15) is 5.01 Å². The SMILES string of the molecule is CCN(CC)CCCC(=O)c1c(C)[nH]c(/C=C2\C(=O)Nc3ccc(-c4csc(-c5ccc(C)cc5)n4)cc32)c1C. The van der Waals surface area contributed by atoms with Crippen LogP contribution in [0.3, 0.4) is 0 Å². The number of hydrogen-bond acceptors (Lipinski definition) is 5. The standard InChI is InChI=1S/C33H36N4O2S/c1-6-37(7-2)16-8-9-30(38)31-21(4)28(34-22(31)5)18-26-25-17-24(14-15-27(25)35-32(26)39)29-19-40-33(36-29)23-12-10-20(3)11-13-23/h10-15,17-19,34H,6-9,16H2,1-5H3,(H,35,39)/b26-18-. The summed E-state index contributed by atoms with van der Waals surface area (Å²) in [6, 6.07) is 14.3. The molecule has 5 rings (SSSR count). The minimum atomic E-state index is -0.149. The molecule has 0 radical (unpaired) electrons. The number of fused-ring (bicyclic) bond motifs is 1. The van der Waals surface area contributed by atoms with Crippen molar-refractivity contribution in [2.24, 2.45) is 0 Å². The zero-order valence-corrected chi connectivity index (χ0v) is 24.7. The Labute approximate surface area is 240 Å². The highest BCUT2D eigenvalue weighted by atomic mass is 32.1. The number of carbonyl (C=O) groups excluding carboxylic acids is 2. The van der Waals surface area contributed by atoms with Crippen LogP contribution in [0.2, 0.25) is 0 Å². The molecule has 0 saturated heterocycles. The van der Waals surface area contributed by atoms with Gasteiger partial charge in [0.15, 0.2) is 5.78 Å². The molecule has 0 unspecified atom stereocenters. The number of hydrogen-bond donors (Lipinski definition) is 2. The second-order valence-electron chi connectivity index (χ2n) is 10.4. The normalized spacial score (nSPS) is 13.8. The number of ketones is 1. The largest absolute Gasteiger partial charge is 0.358 e. The number of rotatable bonds is 10. The Balaban J connectivity index is 1.40. The number of Topliss-reactive ketones (excluding diaryl/α,β-unsaturated/α-hetero) is 1. The number of H-pyrrole nitrogens is 1. The molecule has 7 heteroatoms. The lowest BCUT2D eigenvalue weighted by Gasteiger charge is -2.17. The van der Waals surface area contributed by atoms with Gasteiger partial charge < -0.3 is 15.2 Å². The second-order valence-corrected chi connectivity index (χ2v) is 11.3. The van der Waals surface area contributed by atoms with Crippen molar-refractivity contribution < 1.29 is 9.59 Å². The predicted molar refractivity (Wildman–Crippen MR) is 166 cm³/mol. The molecule has 40 heavy (non-hydrogen) atoms. The molecular weight excluding hydrogens is 516 g/mol. The van der Waals surface area contributed by atoms with Crippen LogP contribution in [-0.2, 0) is 4.79 Å². The minimum Gasteiger partial charge on any atom is -0.358 e. The fourth-order valence-corrected chi connectivity index (χ4v) is 6.17. The van der Waals surface area contributed by atoms with E-state index in [-0.39, 0.29) is 11.7 Å². The number of anilines is 1. The third-order valence-corrected chi connectivity index (χ3v) is 8.61. The van der Waals surface area contributed by atoms with Crippen molar-refractivity contribution >= 4 is 40.4 Å². The lowest BCUT2D eigenvalue weighted by Crippen LogP contribution is -2.24. The van der Waals surface area contributed by atoms with Crippen molar-refractivity contribution in [1.29, 1.82) is 0 Å². The summed E-state index contributed by atoms with van der Waals surface area (Å²) in [6.07, 6.45) is 3.22. The van der Waals surface area contributed by atoms with E-state index in [1.165, 1.54) is 5.56 Å². The number of nitrogens with one attached hydrogen (secondary N) is 2. The van der Waals surface area contributed by atoms with E-state index in [9.17, 15) is 9.59 Å². The van der Waals surface area contributed by atoms with Gasteiger partial charge in [-0.3, -0.25) is 9.59 Å². The molecule has 1 aliphatic heterocycles. The number of aryl methyl sites for hydroxylation is 2. The maximum Gasteiger partial charge on any atom is 0.256 e. The fraction of sp³-hybridized carbons (Fsp3) is 0.303. The topological polar surface area (TPSA) is 78.1 Å². The van der Waals surface area contributed by atoms with Crippen LogP contribution in [0.1, 0.15) is 65.1 Å². The Morgan fingerprint density at radius 1 is 1.02 bits per heavy atom. The van der Waals surface area contributed by atoms with Gasteiger partial charge in [-0.05, 0) is 70.6 Å². The summed E-state index contributed by atoms with van der Waals surface area (Å²) in [5.41, 5.74) is 9.61. The molecule has 0 fully saturated rings. The average molecular weight is 553 g/mol. The molecule has 0 atom stereocenters. The number of aromatic nitrogens is 2. The van der Waals surface area contributed by atoms with Crippen molar-refractivity contribution in [3.63, 3.8) is 0 Å². The van der Waals surface area contributed by atoms with E-state index in [1.807, 2.05) is 38.1 Å². The molecule has 0 spiro atoms. The molecule has 2 aromatic carbocycles. The zero-order chi connectivity index (χ0) is 28.4. The summed E-state index contributed by atoms with van der Waals surface area (Å²) in [5.74, 6) is -0.000876. The van der Waals surface area contributed by atoms with Crippen molar-refractivity contribution in [2.45, 2.75) is 47.5 Å². The highest BCUT2D eigenvalue weighted by Gasteiger charge is 2.26. The van der Waals surface area contributed by atoms with Crippen LogP contribution in [0.15, 0.2) is 47.8 Å². The van der Waals surface area contributed by atoms with E-state index in [1.54, 1.807) is 11.3 Å². The molecule has 1 aliphatic rings. The number of thiazole rings is 1. The fourth-order valence-electron chi connectivity index (χ4n) is 5.33. The van der Waals surface area contributed by atoms with E-state index in [2.05, 4.69) is 65.6 Å². The quantitative estimate of drug-likeness (QED) is 0.157. The predicted octanol–water partition coefficient (Wildman–Crippen LogP) is 7.53. The van der Waals surface area contributed by atoms with E-state index >= 15 is 0 Å². The van der Waals surface area contributed by atoms with Gasteiger partial charge in [-0.25, -0.2) is 4.98 Å². The number of carbonyl (C=O) groups is 2. The first-order valence-corrected chi connectivity index (χ1v) is 14.8. The molecule has 0 saturated carbocycles. The summed E-state index contributed by atoms with van der Waals surface area (Å²) < 4.78 is 0. The molecular formula is C33H36N4O2S. The van der Waals surface area contributed by atoms with Gasteiger partial charge in [0.25, 0.3) is 5.91 Å². The maximum absolute atomic E-state index is 13.1. The summed E-state index contributed by atoms with van der Waals surface area (Å²) in [6.45, 7) is 13.2. The molecule has 0 bridgehead atoms. The summed E-state index contributed by atoms with van der Waals surface area (Å²) >= 11 is 1.61. The molecule has 206 valence electrons. The van der Waals surface area contributed by atoms with Gasteiger partial charge in [-0.15, -0.1) is 11.3 Å². The summed E-state index contributed by atoms with van der Waals surface area (Å²) in [7, 11) is 0. The molecule has 2 N–H and O–H groups in total. The Bertz CT molecular complexity index is 1590. The highest BCUT2D eigenvalue weighted by molar-refractivity contribution is 7.13. The van der Waals surface area contributed by atoms with Gasteiger partial charge in [0, 0.05) is 51.1 Å². The third kappa shape index (κ3) is 5.58. The molecule has 0 aliphatic carbocycles. The van der Waals surface area contributed by atoms with Crippen LogP contribution in [0.5, 0.6) is 0 Å². The Morgan fingerprint density at radius 2 is 1.75 bits per heavy atom. The number of nitrogens with zero attached hydrogens (tertiary/aromatic N) is 2. The lowest BCUT2D eigenvalue weighted by molar-refractivity contribution is -0.110. The summed E-state index contributed by atoms with van der Waals surface area (Å²) in [4.78, 5) is 36.7. The van der Waals surface area contributed by atoms with Crippen molar-refractivity contribution in [3.8, 4) is 21.8 Å². The minimum absolute atomic E-state index is 0.148. The third-order valence-electron chi connectivity index (χ3n) is 7.72. The first kappa shape index (κ1) is 27.7. The van der Waals surface area contributed by atoms with Crippen LogP contribution < -0.4 is 5.32 Å². The van der Waals surface area contributed by atoms with E-state index < -0.39 is 0 Å². The maximum atomic E-state index is 13.1. The van der Waals surface area contributed by atoms with Crippen LogP contribution in [0.4, 0.5) is 5.69 Å². The van der Waals surface area contributed by atoms with Crippen LogP contribution in [0.25, 0.3) is 33.5 Å². The van der Waals surface area contributed by atoms with Crippen LogP contribution in [-0.4, -0.2) is 46.2 Å². The highest BCUT2D eigenvalue weighted by Crippen LogP contribution is 2.38. The molecule has 3 heterocycles. The first-order valence-electron chi connectivity index (χ1n) is 13.9. The first-order chi connectivity index (χ1) is 19.3. The van der Waals surface area contributed by atoms with Crippen molar-refractivity contribution in [2.75, 3.05) is 25.0 Å². The van der Waals surface area contributed by atoms with Gasteiger partial charge in [0.2, 0.25) is 0 Å². The number of amides is 1. The average Bonchev–Trinajstić information content (AvgIpc) is 3.63. The van der Waals surface area contributed by atoms with Crippen molar-refractivity contribution in [3.05, 3.63) is 81.5 Å². The zero-order valence-electron chi connectivity index (χ0n) is 23.9. The lowest BCUT2D eigenvalue weighted by atomic mass is 9.99. The second kappa shape index (κ2) is 11.7. The monoisotopic (exact) mass is 552 g/mol. The molecule has 4 aromatic rings. The van der Waals surface area contributed by atoms with Gasteiger partial charge >= 0.3 is 0 Å². The number of aromatic amines is 1. The Morgan fingerprint density at radius 3 is 2.48 bits per heavy atom. The van der Waals surface area contributed by atoms with E-state index in [0.29, 0.717) is 12.0 Å². The van der Waals surface area contributed by atoms with Gasteiger partial charge in [-0.1, -0.05) is 49.7 Å². The molecule has 1 amide bonds. The van der Waals surface area contributed by atoms with Crippen LogP contribution in [0, 0.1) is 20.8 Å². The molecule has 2 aromatic heterocycles. The van der Waals surface area contributed by atoms with Crippen LogP contribution >= 0.6 is 11.3 Å².